The molecule has 1 aromatic rings. The Kier molecular flexibility index (Phi) is 4.36. The smallest absolute Gasteiger partial charge is 0.224 e. The number of carbonyl (C=O) groups excluding carboxylic acids is 1. The number of nitrogens with one attached hydrogen (secondary N) is 1. The van der Waals surface area contributed by atoms with E-state index in [4.69, 9.17) is 5.73 Å². The van der Waals surface area contributed by atoms with Crippen molar-refractivity contribution in [2.75, 3.05) is 6.54 Å². The molecule has 1 heterocycles. The number of carbonyl (C=O) groups is 1. The zero-order valence-electron chi connectivity index (χ0n) is 10.9. The standard InChI is InChI=1S/C13H22N4O/c1-10(9-14)13(18)16-11-5-2-3-6-12(11)17-8-4-7-15-17/h4,7-8,10-12H,2-3,5-6,9,14H2,1H3,(H,16,18). The lowest BCUT2D eigenvalue weighted by Crippen LogP contribution is -2.46. The first-order chi connectivity index (χ1) is 8.72. The maximum atomic E-state index is 11.9. The van der Waals surface area contributed by atoms with Crippen molar-refractivity contribution in [3.63, 3.8) is 0 Å². The van der Waals surface area contributed by atoms with Crippen molar-refractivity contribution in [2.45, 2.75) is 44.7 Å². The molecule has 1 aliphatic rings. The number of aromatic nitrogens is 2. The Morgan fingerprint density at radius 3 is 3.00 bits per heavy atom. The van der Waals surface area contributed by atoms with Crippen molar-refractivity contribution in [3.8, 4) is 0 Å². The summed E-state index contributed by atoms with van der Waals surface area (Å²) in [6, 6.07) is 2.39. The molecular weight excluding hydrogens is 228 g/mol. The molecule has 100 valence electrons. The first-order valence-corrected chi connectivity index (χ1v) is 6.72. The molecule has 5 heteroatoms. The summed E-state index contributed by atoms with van der Waals surface area (Å²) in [5.74, 6) is -0.0632. The van der Waals surface area contributed by atoms with Gasteiger partial charge in [0.15, 0.2) is 0 Å². The summed E-state index contributed by atoms with van der Waals surface area (Å²) in [5.41, 5.74) is 5.53. The van der Waals surface area contributed by atoms with E-state index >= 15 is 0 Å². The Hall–Kier alpha value is -1.36. The summed E-state index contributed by atoms with van der Waals surface area (Å²) in [5, 5.41) is 7.43. The third kappa shape index (κ3) is 2.90. The van der Waals surface area contributed by atoms with Gasteiger partial charge in [-0.15, -0.1) is 0 Å². The molecule has 1 aliphatic carbocycles. The van der Waals surface area contributed by atoms with Gasteiger partial charge in [-0.1, -0.05) is 19.8 Å². The van der Waals surface area contributed by atoms with E-state index in [1.165, 1.54) is 12.8 Å². The van der Waals surface area contributed by atoms with Gasteiger partial charge in [0.1, 0.15) is 0 Å². The van der Waals surface area contributed by atoms with Gasteiger partial charge >= 0.3 is 0 Å². The highest BCUT2D eigenvalue weighted by molar-refractivity contribution is 5.78. The Morgan fingerprint density at radius 2 is 2.33 bits per heavy atom. The molecule has 1 fully saturated rings. The summed E-state index contributed by atoms with van der Waals surface area (Å²) in [4.78, 5) is 11.9. The molecule has 0 spiro atoms. The number of amides is 1. The molecule has 18 heavy (non-hydrogen) atoms. The second-order valence-corrected chi connectivity index (χ2v) is 5.09. The maximum Gasteiger partial charge on any atom is 0.224 e. The van der Waals surface area contributed by atoms with Gasteiger partial charge in [-0.2, -0.15) is 5.10 Å². The van der Waals surface area contributed by atoms with Crippen LogP contribution in [0.4, 0.5) is 0 Å². The molecule has 0 aliphatic heterocycles. The van der Waals surface area contributed by atoms with Gasteiger partial charge in [0.25, 0.3) is 0 Å². The second kappa shape index (κ2) is 6.00. The normalized spacial score (nSPS) is 25.7. The minimum atomic E-state index is -0.120. The minimum Gasteiger partial charge on any atom is -0.351 e. The molecule has 3 N–H and O–H groups in total. The summed E-state index contributed by atoms with van der Waals surface area (Å²) in [7, 11) is 0. The quantitative estimate of drug-likeness (QED) is 0.839. The van der Waals surface area contributed by atoms with E-state index in [0.29, 0.717) is 6.54 Å². The largest absolute Gasteiger partial charge is 0.351 e. The number of hydrogen-bond donors (Lipinski definition) is 2. The lowest BCUT2D eigenvalue weighted by molar-refractivity contribution is -0.125. The van der Waals surface area contributed by atoms with Gasteiger partial charge in [0.2, 0.25) is 5.91 Å². The molecule has 3 unspecified atom stereocenters. The average molecular weight is 250 g/mol. The van der Waals surface area contributed by atoms with E-state index < -0.39 is 0 Å². The molecule has 0 saturated heterocycles. The third-order valence-electron chi connectivity index (χ3n) is 3.72. The van der Waals surface area contributed by atoms with E-state index in [-0.39, 0.29) is 23.9 Å². The van der Waals surface area contributed by atoms with Crippen molar-refractivity contribution in [2.24, 2.45) is 11.7 Å². The molecule has 1 aromatic heterocycles. The Balaban J connectivity index is 2.02. The van der Waals surface area contributed by atoms with Gasteiger partial charge in [-0.25, -0.2) is 0 Å². The van der Waals surface area contributed by atoms with Crippen LogP contribution >= 0.6 is 0 Å². The molecule has 1 saturated carbocycles. The first kappa shape index (κ1) is 13.1. The van der Waals surface area contributed by atoms with Crippen LogP contribution in [0, 0.1) is 5.92 Å². The van der Waals surface area contributed by atoms with E-state index in [9.17, 15) is 4.79 Å². The van der Waals surface area contributed by atoms with Crippen LogP contribution in [0.2, 0.25) is 0 Å². The number of nitrogens with two attached hydrogens (primary N) is 1. The number of rotatable bonds is 4. The van der Waals surface area contributed by atoms with E-state index in [0.717, 1.165) is 12.8 Å². The van der Waals surface area contributed by atoms with Crippen LogP contribution in [0.3, 0.4) is 0 Å². The van der Waals surface area contributed by atoms with Crippen molar-refractivity contribution >= 4 is 5.91 Å². The second-order valence-electron chi connectivity index (χ2n) is 5.09. The zero-order valence-corrected chi connectivity index (χ0v) is 10.9. The summed E-state index contributed by atoms with van der Waals surface area (Å²) < 4.78 is 1.97. The van der Waals surface area contributed by atoms with Gasteiger partial charge in [0.05, 0.1) is 12.1 Å². The van der Waals surface area contributed by atoms with E-state index in [1.807, 2.05) is 23.9 Å². The van der Waals surface area contributed by atoms with E-state index in [1.54, 1.807) is 6.20 Å². The molecule has 5 nitrogen and oxygen atoms in total. The molecule has 2 rings (SSSR count). The van der Waals surface area contributed by atoms with Crippen molar-refractivity contribution in [3.05, 3.63) is 18.5 Å². The van der Waals surface area contributed by atoms with Crippen LogP contribution < -0.4 is 11.1 Å². The average Bonchev–Trinajstić information content (AvgIpc) is 2.92. The summed E-state index contributed by atoms with van der Waals surface area (Å²) >= 11 is 0. The molecule has 3 atom stereocenters. The van der Waals surface area contributed by atoms with Crippen molar-refractivity contribution in [1.82, 2.24) is 15.1 Å². The molecule has 0 radical (unpaired) electrons. The predicted molar refractivity (Wildman–Crippen MR) is 69.9 cm³/mol. The van der Waals surface area contributed by atoms with Crippen LogP contribution in [0.1, 0.15) is 38.6 Å². The summed E-state index contributed by atoms with van der Waals surface area (Å²) in [6.07, 6.45) is 8.22. The highest BCUT2D eigenvalue weighted by atomic mass is 16.1. The number of hydrogen-bond acceptors (Lipinski definition) is 3. The zero-order chi connectivity index (χ0) is 13.0. The Morgan fingerprint density at radius 1 is 1.56 bits per heavy atom. The van der Waals surface area contributed by atoms with Crippen LogP contribution in [0.5, 0.6) is 0 Å². The molecule has 0 aromatic carbocycles. The lowest BCUT2D eigenvalue weighted by atomic mass is 9.90. The highest BCUT2D eigenvalue weighted by Crippen LogP contribution is 2.28. The van der Waals surface area contributed by atoms with Gasteiger partial charge in [-0.05, 0) is 18.9 Å². The minimum absolute atomic E-state index is 0.0570. The third-order valence-corrected chi connectivity index (χ3v) is 3.72. The lowest BCUT2D eigenvalue weighted by Gasteiger charge is -2.33. The maximum absolute atomic E-state index is 11.9. The van der Waals surface area contributed by atoms with Crippen molar-refractivity contribution < 1.29 is 4.79 Å². The van der Waals surface area contributed by atoms with Crippen LogP contribution in [-0.4, -0.2) is 28.3 Å². The summed E-state index contributed by atoms with van der Waals surface area (Å²) in [6.45, 7) is 2.26. The van der Waals surface area contributed by atoms with Gasteiger partial charge < -0.3 is 11.1 Å². The van der Waals surface area contributed by atoms with Crippen molar-refractivity contribution in [1.29, 1.82) is 0 Å². The Labute approximate surface area is 108 Å². The number of nitrogens with zero attached hydrogens (tertiary/aromatic N) is 2. The fourth-order valence-electron chi connectivity index (χ4n) is 2.51. The van der Waals surface area contributed by atoms with Gasteiger partial charge in [0, 0.05) is 24.9 Å². The molecular formula is C13H22N4O. The van der Waals surface area contributed by atoms with Crippen LogP contribution in [0.15, 0.2) is 18.5 Å². The Bertz CT molecular complexity index is 376. The fraction of sp³-hybridized carbons (Fsp3) is 0.692. The fourth-order valence-corrected chi connectivity index (χ4v) is 2.51. The molecule has 1 amide bonds. The first-order valence-electron chi connectivity index (χ1n) is 6.72. The highest BCUT2D eigenvalue weighted by Gasteiger charge is 2.28. The predicted octanol–water partition coefficient (Wildman–Crippen LogP) is 1.08. The van der Waals surface area contributed by atoms with Crippen LogP contribution in [0.25, 0.3) is 0 Å². The molecule has 0 bridgehead atoms. The SMILES string of the molecule is CC(CN)C(=O)NC1CCCCC1n1cccn1. The van der Waals surface area contributed by atoms with E-state index in [2.05, 4.69) is 10.4 Å². The van der Waals surface area contributed by atoms with Gasteiger partial charge in [-0.3, -0.25) is 9.48 Å². The van der Waals surface area contributed by atoms with Crippen LogP contribution in [-0.2, 0) is 4.79 Å². The monoisotopic (exact) mass is 250 g/mol. The topological polar surface area (TPSA) is 72.9 Å².